The Hall–Kier alpha value is -4.66. The van der Waals surface area contributed by atoms with Crippen LogP contribution in [-0.2, 0) is 6.42 Å². The number of H-pyrrole nitrogens is 1. The molecule has 9 nitrogen and oxygen atoms in total. The molecule has 2 aromatic carbocycles. The summed E-state index contributed by atoms with van der Waals surface area (Å²) in [5.41, 5.74) is 10.6. The number of ether oxygens (including phenoxy) is 1. The molecule has 0 aliphatic carbocycles. The number of aromatic nitrogens is 4. The molecule has 4 N–H and O–H groups in total. The quantitative estimate of drug-likeness (QED) is 0.340. The Morgan fingerprint density at radius 1 is 1.09 bits per heavy atom. The first-order chi connectivity index (χ1) is 16.6. The highest BCUT2D eigenvalue weighted by molar-refractivity contribution is 6.05. The SMILES string of the molecule is COc1ccc(-c2c(-c3ccc(C(=O)NCCc4cnc[nH]4)cc3)oc3ncnc(N)c23)cc1. The van der Waals surface area contributed by atoms with Crippen LogP contribution < -0.4 is 15.8 Å². The molecular formula is C25H22N6O3. The van der Waals surface area contributed by atoms with Crippen LogP contribution >= 0.6 is 0 Å². The fraction of sp³-hybridized carbons (Fsp3) is 0.120. The first-order valence-corrected chi connectivity index (χ1v) is 10.7. The Morgan fingerprint density at radius 3 is 2.56 bits per heavy atom. The van der Waals surface area contributed by atoms with Crippen molar-refractivity contribution in [3.05, 3.63) is 78.6 Å². The lowest BCUT2D eigenvalue weighted by molar-refractivity contribution is 0.0954. The van der Waals surface area contributed by atoms with Crippen LogP contribution in [0.4, 0.5) is 5.82 Å². The van der Waals surface area contributed by atoms with Crippen LogP contribution in [0.3, 0.4) is 0 Å². The van der Waals surface area contributed by atoms with Gasteiger partial charge in [-0.15, -0.1) is 0 Å². The zero-order valence-corrected chi connectivity index (χ0v) is 18.4. The van der Waals surface area contributed by atoms with Crippen LogP contribution in [0, 0.1) is 0 Å². The van der Waals surface area contributed by atoms with E-state index in [0.717, 1.165) is 28.1 Å². The van der Waals surface area contributed by atoms with Gasteiger partial charge in [0.05, 0.1) is 18.8 Å². The molecule has 0 saturated heterocycles. The summed E-state index contributed by atoms with van der Waals surface area (Å²) in [5, 5.41) is 3.56. The number of rotatable bonds is 7. The minimum Gasteiger partial charge on any atom is -0.497 e. The summed E-state index contributed by atoms with van der Waals surface area (Å²) >= 11 is 0. The standard InChI is InChI=1S/C25H22N6O3/c1-33-19-8-6-15(7-9-19)20-21-23(26)30-14-31-25(21)34-22(20)16-2-4-17(5-3-16)24(32)28-11-10-18-12-27-13-29-18/h2-9,12-14H,10-11H2,1H3,(H,27,29)(H,28,32)(H2,26,30,31). The molecule has 9 heteroatoms. The third kappa shape index (κ3) is 4.06. The number of nitrogens with one attached hydrogen (secondary N) is 2. The maximum atomic E-state index is 12.5. The molecule has 0 saturated carbocycles. The predicted octanol–water partition coefficient (Wildman–Crippen LogP) is 3.84. The number of anilines is 1. The van der Waals surface area contributed by atoms with Crippen LogP contribution in [0.2, 0.25) is 0 Å². The fourth-order valence-corrected chi connectivity index (χ4v) is 3.80. The maximum Gasteiger partial charge on any atom is 0.251 e. The maximum absolute atomic E-state index is 12.5. The summed E-state index contributed by atoms with van der Waals surface area (Å²) in [4.78, 5) is 27.9. The molecule has 3 heterocycles. The minimum atomic E-state index is -0.152. The largest absolute Gasteiger partial charge is 0.497 e. The highest BCUT2D eigenvalue weighted by atomic mass is 16.5. The second kappa shape index (κ2) is 9.07. The van der Waals surface area contributed by atoms with E-state index >= 15 is 0 Å². The van der Waals surface area contributed by atoms with Gasteiger partial charge in [-0.05, 0) is 29.8 Å². The molecule has 0 atom stereocenters. The minimum absolute atomic E-state index is 0.152. The third-order valence-corrected chi connectivity index (χ3v) is 5.54. The second-order valence-corrected chi connectivity index (χ2v) is 7.63. The second-order valence-electron chi connectivity index (χ2n) is 7.63. The molecule has 0 aliphatic heterocycles. The van der Waals surface area contributed by atoms with E-state index in [1.807, 2.05) is 36.4 Å². The predicted molar refractivity (Wildman–Crippen MR) is 128 cm³/mol. The monoisotopic (exact) mass is 454 g/mol. The molecule has 5 rings (SSSR count). The van der Waals surface area contributed by atoms with Crippen LogP contribution in [0.5, 0.6) is 5.75 Å². The summed E-state index contributed by atoms with van der Waals surface area (Å²) in [6.45, 7) is 0.506. The smallest absolute Gasteiger partial charge is 0.251 e. The number of amides is 1. The van der Waals surface area contributed by atoms with E-state index in [4.69, 9.17) is 14.9 Å². The Bertz CT molecular complexity index is 1420. The van der Waals surface area contributed by atoms with Crippen molar-refractivity contribution in [2.75, 3.05) is 19.4 Å². The number of aromatic amines is 1. The molecule has 1 amide bonds. The molecule has 0 bridgehead atoms. The van der Waals surface area contributed by atoms with Gasteiger partial charge in [0.2, 0.25) is 5.71 Å². The lowest BCUT2D eigenvalue weighted by atomic mass is 9.98. The lowest BCUT2D eigenvalue weighted by Gasteiger charge is -2.08. The van der Waals surface area contributed by atoms with Gasteiger partial charge < -0.3 is 25.2 Å². The Morgan fingerprint density at radius 2 is 1.85 bits per heavy atom. The van der Waals surface area contributed by atoms with Crippen molar-refractivity contribution >= 4 is 22.8 Å². The zero-order valence-electron chi connectivity index (χ0n) is 18.4. The number of hydrogen-bond donors (Lipinski definition) is 3. The summed E-state index contributed by atoms with van der Waals surface area (Å²) < 4.78 is 11.4. The fourth-order valence-electron chi connectivity index (χ4n) is 3.80. The van der Waals surface area contributed by atoms with E-state index in [1.165, 1.54) is 6.33 Å². The average Bonchev–Trinajstić information content (AvgIpc) is 3.53. The van der Waals surface area contributed by atoms with Gasteiger partial charge in [0.25, 0.3) is 5.91 Å². The molecule has 5 aromatic rings. The Balaban J connectivity index is 1.45. The number of fused-ring (bicyclic) bond motifs is 1. The third-order valence-electron chi connectivity index (χ3n) is 5.54. The van der Waals surface area contributed by atoms with Gasteiger partial charge in [0.1, 0.15) is 23.7 Å². The van der Waals surface area contributed by atoms with Gasteiger partial charge >= 0.3 is 0 Å². The van der Waals surface area contributed by atoms with E-state index < -0.39 is 0 Å². The first-order valence-electron chi connectivity index (χ1n) is 10.7. The summed E-state index contributed by atoms with van der Waals surface area (Å²) in [6, 6.07) is 14.8. The summed E-state index contributed by atoms with van der Waals surface area (Å²) in [6.07, 6.45) is 5.41. The highest BCUT2D eigenvalue weighted by Gasteiger charge is 2.21. The molecule has 0 fully saturated rings. The number of carbonyl (C=O) groups is 1. The molecule has 0 spiro atoms. The van der Waals surface area contributed by atoms with Crippen molar-refractivity contribution in [2.24, 2.45) is 0 Å². The van der Waals surface area contributed by atoms with Crippen LogP contribution in [0.1, 0.15) is 16.1 Å². The molecule has 170 valence electrons. The van der Waals surface area contributed by atoms with Gasteiger partial charge in [-0.25, -0.2) is 15.0 Å². The first kappa shape index (κ1) is 21.2. The number of imidazole rings is 1. The van der Waals surface area contributed by atoms with Crippen molar-refractivity contribution in [2.45, 2.75) is 6.42 Å². The molecule has 3 aromatic heterocycles. The number of methoxy groups -OCH3 is 1. The van der Waals surface area contributed by atoms with Gasteiger partial charge in [0.15, 0.2) is 0 Å². The highest BCUT2D eigenvalue weighted by Crippen LogP contribution is 2.42. The van der Waals surface area contributed by atoms with E-state index in [2.05, 4.69) is 25.3 Å². The number of carbonyl (C=O) groups excluding carboxylic acids is 1. The van der Waals surface area contributed by atoms with Crippen molar-refractivity contribution < 1.29 is 13.9 Å². The van der Waals surface area contributed by atoms with E-state index in [1.54, 1.807) is 31.8 Å². The molecule has 0 aliphatic rings. The number of nitrogens with zero attached hydrogens (tertiary/aromatic N) is 3. The lowest BCUT2D eigenvalue weighted by Crippen LogP contribution is -2.25. The Kier molecular flexibility index (Phi) is 5.65. The van der Waals surface area contributed by atoms with Crippen molar-refractivity contribution in [3.63, 3.8) is 0 Å². The van der Waals surface area contributed by atoms with Crippen molar-refractivity contribution in [1.82, 2.24) is 25.3 Å². The van der Waals surface area contributed by atoms with Crippen LogP contribution in [0.15, 0.2) is 71.8 Å². The van der Waals surface area contributed by atoms with E-state index in [-0.39, 0.29) is 5.91 Å². The normalized spacial score (nSPS) is 11.0. The number of hydrogen-bond acceptors (Lipinski definition) is 7. The van der Waals surface area contributed by atoms with E-state index in [9.17, 15) is 4.79 Å². The number of nitrogens with two attached hydrogens (primary N) is 1. The number of benzene rings is 2. The Labute approximate surface area is 195 Å². The topological polar surface area (TPSA) is 132 Å². The van der Waals surface area contributed by atoms with Gasteiger partial charge in [0, 0.05) is 41.5 Å². The van der Waals surface area contributed by atoms with Gasteiger partial charge in [-0.2, -0.15) is 0 Å². The van der Waals surface area contributed by atoms with E-state index in [0.29, 0.717) is 41.2 Å². The summed E-state index contributed by atoms with van der Waals surface area (Å²) in [5.74, 6) is 1.52. The van der Waals surface area contributed by atoms with Crippen LogP contribution in [0.25, 0.3) is 33.6 Å². The molecular weight excluding hydrogens is 432 g/mol. The molecule has 34 heavy (non-hydrogen) atoms. The number of furan rings is 1. The average molecular weight is 454 g/mol. The summed E-state index contributed by atoms with van der Waals surface area (Å²) in [7, 11) is 1.62. The van der Waals surface area contributed by atoms with Crippen molar-refractivity contribution in [3.8, 4) is 28.2 Å². The van der Waals surface area contributed by atoms with Gasteiger partial charge in [-0.3, -0.25) is 4.79 Å². The number of nitrogen functional groups attached to an aromatic ring is 1. The molecule has 0 radical (unpaired) electrons. The van der Waals surface area contributed by atoms with Crippen LogP contribution in [-0.4, -0.2) is 39.5 Å². The van der Waals surface area contributed by atoms with Gasteiger partial charge in [-0.1, -0.05) is 24.3 Å². The van der Waals surface area contributed by atoms with Crippen molar-refractivity contribution in [1.29, 1.82) is 0 Å². The zero-order chi connectivity index (χ0) is 23.5. The molecule has 0 unspecified atom stereocenters.